The molecule has 0 aliphatic rings. The minimum atomic E-state index is 0.203. The van der Waals surface area contributed by atoms with Gasteiger partial charge in [0.15, 0.2) is 0 Å². The van der Waals surface area contributed by atoms with Crippen molar-refractivity contribution in [2.24, 2.45) is 0 Å². The van der Waals surface area contributed by atoms with Gasteiger partial charge in [-0.3, -0.25) is 0 Å². The topological polar surface area (TPSA) is 45.9 Å². The molecular formula is C11H7ClN2O. The molecule has 0 N–H and O–H groups in total. The SMILES string of the molecule is COc1cccc2cnc(Cl)c(C#N)c12. The molecule has 0 amide bonds. The van der Waals surface area contributed by atoms with Gasteiger partial charge in [-0.25, -0.2) is 4.98 Å². The van der Waals surface area contributed by atoms with E-state index in [1.807, 2.05) is 18.2 Å². The number of hydrogen-bond donors (Lipinski definition) is 0. The van der Waals surface area contributed by atoms with Crippen LogP contribution in [0.3, 0.4) is 0 Å². The van der Waals surface area contributed by atoms with Gasteiger partial charge in [0, 0.05) is 17.0 Å². The first-order chi connectivity index (χ1) is 7.27. The van der Waals surface area contributed by atoms with Gasteiger partial charge in [-0.05, 0) is 6.07 Å². The summed E-state index contributed by atoms with van der Waals surface area (Å²) in [6.45, 7) is 0. The van der Waals surface area contributed by atoms with Gasteiger partial charge < -0.3 is 4.74 Å². The van der Waals surface area contributed by atoms with E-state index in [2.05, 4.69) is 4.98 Å². The van der Waals surface area contributed by atoms with Crippen molar-refractivity contribution in [1.29, 1.82) is 5.26 Å². The molecule has 0 aliphatic heterocycles. The second-order valence-electron chi connectivity index (χ2n) is 2.96. The molecule has 0 aliphatic carbocycles. The van der Waals surface area contributed by atoms with Gasteiger partial charge in [-0.1, -0.05) is 23.7 Å². The molecule has 0 radical (unpaired) electrons. The van der Waals surface area contributed by atoms with Crippen molar-refractivity contribution in [3.8, 4) is 11.8 Å². The quantitative estimate of drug-likeness (QED) is 0.692. The molecule has 0 bridgehead atoms. The number of benzene rings is 1. The van der Waals surface area contributed by atoms with Crippen LogP contribution in [0, 0.1) is 11.3 Å². The van der Waals surface area contributed by atoms with Crippen molar-refractivity contribution in [2.75, 3.05) is 7.11 Å². The normalized spacial score (nSPS) is 9.93. The summed E-state index contributed by atoms with van der Waals surface area (Å²) in [4.78, 5) is 3.94. The fraction of sp³-hybridized carbons (Fsp3) is 0.0909. The van der Waals surface area contributed by atoms with Crippen LogP contribution in [0.4, 0.5) is 0 Å². The van der Waals surface area contributed by atoms with E-state index in [1.54, 1.807) is 19.4 Å². The highest BCUT2D eigenvalue weighted by Gasteiger charge is 2.10. The predicted molar refractivity (Wildman–Crippen MR) is 58.0 cm³/mol. The van der Waals surface area contributed by atoms with E-state index < -0.39 is 0 Å². The van der Waals surface area contributed by atoms with Crippen LogP contribution in [-0.2, 0) is 0 Å². The fourth-order valence-corrected chi connectivity index (χ4v) is 1.67. The number of nitriles is 1. The van der Waals surface area contributed by atoms with E-state index in [0.717, 1.165) is 5.39 Å². The van der Waals surface area contributed by atoms with Crippen LogP contribution in [0.2, 0.25) is 5.15 Å². The Morgan fingerprint density at radius 1 is 1.47 bits per heavy atom. The second-order valence-corrected chi connectivity index (χ2v) is 3.32. The summed E-state index contributed by atoms with van der Waals surface area (Å²) in [6, 6.07) is 7.54. The number of halogens is 1. The Hall–Kier alpha value is -1.79. The highest BCUT2D eigenvalue weighted by atomic mass is 35.5. The summed E-state index contributed by atoms with van der Waals surface area (Å²) in [5, 5.41) is 10.8. The minimum Gasteiger partial charge on any atom is -0.496 e. The first-order valence-electron chi connectivity index (χ1n) is 4.29. The maximum absolute atomic E-state index is 9.01. The van der Waals surface area contributed by atoms with Crippen molar-refractivity contribution in [3.63, 3.8) is 0 Å². The van der Waals surface area contributed by atoms with Crippen LogP contribution >= 0.6 is 11.6 Å². The third-order valence-electron chi connectivity index (χ3n) is 2.16. The molecule has 0 fully saturated rings. The minimum absolute atomic E-state index is 0.203. The van der Waals surface area contributed by atoms with Gasteiger partial charge in [0.25, 0.3) is 0 Å². The highest BCUT2D eigenvalue weighted by Crippen LogP contribution is 2.30. The van der Waals surface area contributed by atoms with E-state index in [1.165, 1.54) is 0 Å². The molecule has 0 saturated heterocycles. The average molecular weight is 219 g/mol. The Labute approximate surface area is 91.9 Å². The van der Waals surface area contributed by atoms with E-state index >= 15 is 0 Å². The van der Waals surface area contributed by atoms with Crippen LogP contribution in [0.5, 0.6) is 5.75 Å². The summed E-state index contributed by atoms with van der Waals surface area (Å²) in [6.07, 6.45) is 1.63. The Morgan fingerprint density at radius 3 is 2.93 bits per heavy atom. The van der Waals surface area contributed by atoms with Crippen molar-refractivity contribution < 1.29 is 4.74 Å². The Bertz CT molecular complexity index is 560. The van der Waals surface area contributed by atoms with Gasteiger partial charge in [0.05, 0.1) is 7.11 Å². The monoisotopic (exact) mass is 218 g/mol. The molecule has 0 unspecified atom stereocenters. The number of nitrogens with zero attached hydrogens (tertiary/aromatic N) is 2. The smallest absolute Gasteiger partial charge is 0.147 e. The maximum atomic E-state index is 9.01. The lowest BCUT2D eigenvalue weighted by Gasteiger charge is -2.06. The maximum Gasteiger partial charge on any atom is 0.147 e. The predicted octanol–water partition coefficient (Wildman–Crippen LogP) is 2.77. The Kier molecular flexibility index (Phi) is 2.44. The average Bonchev–Trinajstić information content (AvgIpc) is 2.28. The number of rotatable bonds is 1. The van der Waals surface area contributed by atoms with Crippen LogP contribution < -0.4 is 4.74 Å². The number of hydrogen-bond acceptors (Lipinski definition) is 3. The zero-order valence-corrected chi connectivity index (χ0v) is 8.75. The van der Waals surface area contributed by atoms with Crippen LogP contribution in [0.15, 0.2) is 24.4 Å². The van der Waals surface area contributed by atoms with E-state index in [0.29, 0.717) is 16.7 Å². The molecule has 0 atom stereocenters. The zero-order chi connectivity index (χ0) is 10.8. The van der Waals surface area contributed by atoms with E-state index in [9.17, 15) is 0 Å². The first kappa shape index (κ1) is 9.75. The molecule has 4 heteroatoms. The van der Waals surface area contributed by atoms with Crippen molar-refractivity contribution >= 4 is 22.4 Å². The van der Waals surface area contributed by atoms with Gasteiger partial charge in [-0.2, -0.15) is 5.26 Å². The molecule has 2 rings (SSSR count). The van der Waals surface area contributed by atoms with Gasteiger partial charge in [0.2, 0.25) is 0 Å². The molecule has 1 aromatic carbocycles. The van der Waals surface area contributed by atoms with Gasteiger partial charge in [-0.15, -0.1) is 0 Å². The number of aromatic nitrogens is 1. The van der Waals surface area contributed by atoms with Gasteiger partial charge in [0.1, 0.15) is 22.5 Å². The summed E-state index contributed by atoms with van der Waals surface area (Å²) >= 11 is 5.84. The molecular weight excluding hydrogens is 212 g/mol. The van der Waals surface area contributed by atoms with Crippen LogP contribution in [-0.4, -0.2) is 12.1 Å². The number of methoxy groups -OCH3 is 1. The Morgan fingerprint density at radius 2 is 2.27 bits per heavy atom. The second kappa shape index (κ2) is 3.76. The number of pyridine rings is 1. The van der Waals surface area contributed by atoms with Crippen LogP contribution in [0.1, 0.15) is 5.56 Å². The molecule has 3 nitrogen and oxygen atoms in total. The lowest BCUT2D eigenvalue weighted by molar-refractivity contribution is 0.419. The standard InChI is InChI=1S/C11H7ClN2O/c1-15-9-4-2-3-7-6-14-11(12)8(5-13)10(7)9/h2-4,6H,1H3. The van der Waals surface area contributed by atoms with E-state index in [-0.39, 0.29) is 5.15 Å². The lowest BCUT2D eigenvalue weighted by Crippen LogP contribution is -1.90. The number of ether oxygens (including phenoxy) is 1. The van der Waals surface area contributed by atoms with Crippen molar-refractivity contribution in [2.45, 2.75) is 0 Å². The third-order valence-corrected chi connectivity index (χ3v) is 2.45. The summed E-state index contributed by atoms with van der Waals surface area (Å²) in [5.41, 5.74) is 0.353. The van der Waals surface area contributed by atoms with Gasteiger partial charge >= 0.3 is 0 Å². The first-order valence-corrected chi connectivity index (χ1v) is 4.67. The molecule has 0 saturated carbocycles. The van der Waals surface area contributed by atoms with E-state index in [4.69, 9.17) is 21.6 Å². The van der Waals surface area contributed by atoms with Crippen molar-refractivity contribution in [3.05, 3.63) is 35.1 Å². The third kappa shape index (κ3) is 1.49. The van der Waals surface area contributed by atoms with Crippen LogP contribution in [0.25, 0.3) is 10.8 Å². The molecule has 0 spiro atoms. The molecule has 15 heavy (non-hydrogen) atoms. The van der Waals surface area contributed by atoms with Crippen molar-refractivity contribution in [1.82, 2.24) is 4.98 Å². The Balaban J connectivity index is 2.95. The number of fused-ring (bicyclic) bond motifs is 1. The largest absolute Gasteiger partial charge is 0.496 e. The molecule has 1 heterocycles. The zero-order valence-electron chi connectivity index (χ0n) is 7.99. The summed E-state index contributed by atoms with van der Waals surface area (Å²) in [5.74, 6) is 0.633. The fourth-order valence-electron chi connectivity index (χ4n) is 1.49. The molecule has 74 valence electrons. The summed E-state index contributed by atoms with van der Waals surface area (Å²) < 4.78 is 5.19. The molecule has 2 aromatic rings. The molecule has 1 aromatic heterocycles. The highest BCUT2D eigenvalue weighted by molar-refractivity contribution is 6.31. The lowest BCUT2D eigenvalue weighted by atomic mass is 10.1. The summed E-state index contributed by atoms with van der Waals surface area (Å²) in [7, 11) is 1.56.